The smallest absolute Gasteiger partial charge is 0.112 e. The number of benzene rings is 1. The topological polar surface area (TPSA) is 73.0 Å². The van der Waals surface area contributed by atoms with Gasteiger partial charge in [-0.2, -0.15) is 0 Å². The van der Waals surface area contributed by atoms with E-state index >= 15 is 0 Å². The van der Waals surface area contributed by atoms with Crippen molar-refractivity contribution in [2.24, 2.45) is 0 Å². The van der Waals surface area contributed by atoms with Crippen molar-refractivity contribution in [3.8, 4) is 0 Å². The number of H-pyrrole nitrogens is 1. The standard InChI is InChI=1S/C23H30N4O/c1-3-9-19(11-8-16-24-18-28)17-25-20(10-4-2)12-7-15-23-26-21-13-5-6-14-22(21)27-23/h3,5-14,16,24-25,28H,4,15,17-18H2,1-2H3,(H,26,27)/b9-3-,12-7-,16-8+,19-11+,20-10+. The van der Waals surface area contributed by atoms with Crippen LogP contribution in [0.3, 0.4) is 0 Å². The molecular weight excluding hydrogens is 348 g/mol. The largest absolute Gasteiger partial charge is 0.381 e. The van der Waals surface area contributed by atoms with Crippen LogP contribution in [0.4, 0.5) is 0 Å². The van der Waals surface area contributed by atoms with Gasteiger partial charge in [0.05, 0.1) is 11.0 Å². The van der Waals surface area contributed by atoms with Gasteiger partial charge in [-0.25, -0.2) is 4.98 Å². The number of imidazole rings is 1. The Hall–Kier alpha value is -3.05. The molecule has 2 aromatic rings. The molecule has 0 saturated carbocycles. The lowest BCUT2D eigenvalue weighted by molar-refractivity contribution is 0.280. The lowest BCUT2D eigenvalue weighted by atomic mass is 10.2. The molecule has 0 spiro atoms. The molecule has 28 heavy (non-hydrogen) atoms. The van der Waals surface area contributed by atoms with E-state index in [4.69, 9.17) is 5.11 Å². The number of aliphatic hydroxyl groups is 1. The lowest BCUT2D eigenvalue weighted by Gasteiger charge is -2.08. The molecule has 0 unspecified atom stereocenters. The van der Waals surface area contributed by atoms with E-state index < -0.39 is 0 Å². The first-order valence-electron chi connectivity index (χ1n) is 9.63. The Labute approximate surface area is 167 Å². The highest BCUT2D eigenvalue weighted by molar-refractivity contribution is 5.74. The van der Waals surface area contributed by atoms with Gasteiger partial charge in [-0.05, 0) is 49.4 Å². The molecule has 148 valence electrons. The first-order valence-corrected chi connectivity index (χ1v) is 9.63. The zero-order valence-electron chi connectivity index (χ0n) is 16.7. The minimum Gasteiger partial charge on any atom is -0.381 e. The van der Waals surface area contributed by atoms with E-state index in [2.05, 4.69) is 51.8 Å². The van der Waals surface area contributed by atoms with Crippen molar-refractivity contribution < 1.29 is 5.11 Å². The molecule has 5 nitrogen and oxygen atoms in total. The van der Waals surface area contributed by atoms with Gasteiger partial charge in [0.2, 0.25) is 0 Å². The van der Waals surface area contributed by atoms with Crippen LogP contribution >= 0.6 is 0 Å². The second kappa shape index (κ2) is 12.4. The molecule has 0 aliphatic carbocycles. The fourth-order valence-electron chi connectivity index (χ4n) is 2.70. The molecule has 2 rings (SSSR count). The second-order valence-electron chi connectivity index (χ2n) is 6.19. The summed E-state index contributed by atoms with van der Waals surface area (Å²) in [5, 5.41) is 15.0. The van der Waals surface area contributed by atoms with Gasteiger partial charge in [-0.3, -0.25) is 0 Å². The Morgan fingerprint density at radius 3 is 2.86 bits per heavy atom. The number of aromatic nitrogens is 2. The van der Waals surface area contributed by atoms with Crippen LogP contribution < -0.4 is 10.6 Å². The van der Waals surface area contributed by atoms with E-state index in [0.717, 1.165) is 41.0 Å². The summed E-state index contributed by atoms with van der Waals surface area (Å²) in [7, 11) is 0. The fraction of sp³-hybridized carbons (Fsp3) is 0.261. The maximum atomic E-state index is 8.74. The van der Waals surface area contributed by atoms with Crippen LogP contribution in [0.5, 0.6) is 0 Å². The van der Waals surface area contributed by atoms with E-state index in [1.165, 1.54) is 0 Å². The number of aromatic amines is 1. The second-order valence-corrected chi connectivity index (χ2v) is 6.19. The molecular formula is C23H30N4O. The number of fused-ring (bicyclic) bond motifs is 1. The fourth-order valence-corrected chi connectivity index (χ4v) is 2.70. The van der Waals surface area contributed by atoms with Crippen LogP contribution in [0.15, 0.2) is 84.3 Å². The van der Waals surface area contributed by atoms with E-state index in [-0.39, 0.29) is 6.73 Å². The van der Waals surface area contributed by atoms with E-state index in [0.29, 0.717) is 6.54 Å². The van der Waals surface area contributed by atoms with Crippen LogP contribution in [0.2, 0.25) is 0 Å². The highest BCUT2D eigenvalue weighted by atomic mass is 16.3. The van der Waals surface area contributed by atoms with Crippen molar-refractivity contribution in [3.63, 3.8) is 0 Å². The third kappa shape index (κ3) is 7.29. The molecule has 1 aromatic carbocycles. The number of rotatable bonds is 11. The molecule has 0 fully saturated rings. The predicted octanol–water partition coefficient (Wildman–Crippen LogP) is 4.10. The summed E-state index contributed by atoms with van der Waals surface area (Å²) in [6.07, 6.45) is 17.8. The molecule has 0 saturated heterocycles. The average molecular weight is 379 g/mol. The predicted molar refractivity (Wildman–Crippen MR) is 118 cm³/mol. The summed E-state index contributed by atoms with van der Waals surface area (Å²) in [6.45, 7) is 4.77. The summed E-state index contributed by atoms with van der Waals surface area (Å²) < 4.78 is 0. The molecule has 0 aliphatic rings. The molecule has 0 atom stereocenters. The molecule has 0 amide bonds. The van der Waals surface area contributed by atoms with E-state index in [1.807, 2.05) is 49.4 Å². The van der Waals surface area contributed by atoms with Crippen LogP contribution in [-0.4, -0.2) is 28.4 Å². The Balaban J connectivity index is 1.95. The molecule has 0 bridgehead atoms. The van der Waals surface area contributed by atoms with Crippen LogP contribution in [0.1, 0.15) is 26.1 Å². The van der Waals surface area contributed by atoms with Crippen molar-refractivity contribution in [2.45, 2.75) is 26.7 Å². The summed E-state index contributed by atoms with van der Waals surface area (Å²) in [5.41, 5.74) is 4.30. The molecule has 4 N–H and O–H groups in total. The Bertz CT molecular complexity index is 839. The maximum Gasteiger partial charge on any atom is 0.112 e. The number of allylic oxidation sites excluding steroid dienone is 6. The van der Waals surface area contributed by atoms with Gasteiger partial charge >= 0.3 is 0 Å². The van der Waals surface area contributed by atoms with Crippen molar-refractivity contribution in [1.82, 2.24) is 20.6 Å². The number of nitrogens with one attached hydrogen (secondary N) is 3. The zero-order chi connectivity index (χ0) is 20.0. The lowest BCUT2D eigenvalue weighted by Crippen LogP contribution is -2.15. The number of para-hydroxylation sites is 2. The quantitative estimate of drug-likeness (QED) is 0.351. The van der Waals surface area contributed by atoms with E-state index in [1.54, 1.807) is 6.20 Å². The SMILES string of the molecule is C\C=C/C(=C\C=C\NCO)CNC(/C=C\Cc1nc2ccccc2[nH]1)=C/CC. The molecule has 1 aromatic heterocycles. The Morgan fingerprint density at radius 1 is 1.25 bits per heavy atom. The van der Waals surface area contributed by atoms with Gasteiger partial charge in [-0.1, -0.05) is 49.4 Å². The Morgan fingerprint density at radius 2 is 2.11 bits per heavy atom. The molecule has 1 heterocycles. The van der Waals surface area contributed by atoms with Crippen molar-refractivity contribution in [2.75, 3.05) is 13.3 Å². The van der Waals surface area contributed by atoms with Gasteiger partial charge in [-0.15, -0.1) is 0 Å². The summed E-state index contributed by atoms with van der Waals surface area (Å²) in [6, 6.07) is 8.07. The first kappa shape index (κ1) is 21.3. The third-order valence-corrected chi connectivity index (χ3v) is 3.96. The first-order chi connectivity index (χ1) is 13.8. The van der Waals surface area contributed by atoms with Crippen molar-refractivity contribution >= 4 is 11.0 Å². The van der Waals surface area contributed by atoms with Gasteiger partial charge < -0.3 is 20.7 Å². The van der Waals surface area contributed by atoms with Gasteiger partial charge in [0.15, 0.2) is 0 Å². The van der Waals surface area contributed by atoms with Gasteiger partial charge in [0.25, 0.3) is 0 Å². The van der Waals surface area contributed by atoms with Crippen molar-refractivity contribution in [3.05, 3.63) is 90.1 Å². The Kier molecular flexibility index (Phi) is 9.38. The van der Waals surface area contributed by atoms with Crippen LogP contribution in [0, 0.1) is 0 Å². The normalized spacial score (nSPS) is 13.4. The molecule has 5 heteroatoms. The molecule has 0 aliphatic heterocycles. The third-order valence-electron chi connectivity index (χ3n) is 3.96. The number of hydrogen-bond acceptors (Lipinski definition) is 4. The van der Waals surface area contributed by atoms with E-state index in [9.17, 15) is 0 Å². The van der Waals surface area contributed by atoms with Crippen LogP contribution in [0.25, 0.3) is 11.0 Å². The molecule has 0 radical (unpaired) electrons. The minimum absolute atomic E-state index is 0.0685. The summed E-state index contributed by atoms with van der Waals surface area (Å²) >= 11 is 0. The summed E-state index contributed by atoms with van der Waals surface area (Å²) in [5.74, 6) is 0.962. The highest BCUT2D eigenvalue weighted by Gasteiger charge is 2.00. The van der Waals surface area contributed by atoms with Gasteiger partial charge in [0.1, 0.15) is 12.6 Å². The number of aliphatic hydroxyl groups excluding tert-OH is 1. The number of nitrogens with zero attached hydrogens (tertiary/aromatic N) is 1. The number of hydrogen-bond donors (Lipinski definition) is 4. The summed E-state index contributed by atoms with van der Waals surface area (Å²) in [4.78, 5) is 7.96. The maximum absolute atomic E-state index is 8.74. The average Bonchev–Trinajstić information content (AvgIpc) is 3.12. The van der Waals surface area contributed by atoms with Crippen molar-refractivity contribution in [1.29, 1.82) is 0 Å². The van der Waals surface area contributed by atoms with Gasteiger partial charge in [0, 0.05) is 18.7 Å². The zero-order valence-corrected chi connectivity index (χ0v) is 16.7. The minimum atomic E-state index is -0.0685. The monoisotopic (exact) mass is 378 g/mol. The highest BCUT2D eigenvalue weighted by Crippen LogP contribution is 2.11. The van der Waals surface area contributed by atoms with Crippen LogP contribution in [-0.2, 0) is 6.42 Å².